The van der Waals surface area contributed by atoms with Crippen LogP contribution in [-0.4, -0.2) is 26.1 Å². The number of rotatable bonds is 2. The predicted molar refractivity (Wildman–Crippen MR) is 70.8 cm³/mol. The van der Waals surface area contributed by atoms with E-state index in [4.69, 9.17) is 5.10 Å². The van der Waals surface area contributed by atoms with Crippen molar-refractivity contribution in [1.82, 2.24) is 19.6 Å². The van der Waals surface area contributed by atoms with Gasteiger partial charge in [-0.15, -0.1) is 0 Å². The van der Waals surface area contributed by atoms with E-state index in [1.165, 1.54) is 5.56 Å². The van der Waals surface area contributed by atoms with Crippen LogP contribution in [0.25, 0.3) is 0 Å². The molecule has 0 radical (unpaired) electrons. The average molecular weight is 245 g/mol. The highest BCUT2D eigenvalue weighted by molar-refractivity contribution is 5.41. The third-order valence-corrected chi connectivity index (χ3v) is 3.47. The van der Waals surface area contributed by atoms with Crippen molar-refractivity contribution in [3.63, 3.8) is 0 Å². The summed E-state index contributed by atoms with van der Waals surface area (Å²) in [5, 5.41) is 12.4. The summed E-state index contributed by atoms with van der Waals surface area (Å²) in [6, 6.07) is 2.47. The predicted octanol–water partition coefficient (Wildman–Crippen LogP) is 2.14. The molecule has 0 spiro atoms. The summed E-state index contributed by atoms with van der Waals surface area (Å²) in [6.07, 6.45) is 5.07. The number of nitrogens with one attached hydrogen (secondary N) is 1. The zero-order chi connectivity index (χ0) is 12.7. The van der Waals surface area contributed by atoms with E-state index in [1.807, 2.05) is 17.9 Å². The average Bonchev–Trinajstić information content (AvgIpc) is 2.94. The normalized spacial score (nSPS) is 18.8. The molecule has 1 N–H and O–H groups in total. The van der Waals surface area contributed by atoms with Crippen LogP contribution in [0.5, 0.6) is 0 Å². The van der Waals surface area contributed by atoms with Gasteiger partial charge >= 0.3 is 0 Å². The Kier molecular flexibility index (Phi) is 2.61. The van der Waals surface area contributed by atoms with Crippen molar-refractivity contribution in [2.75, 3.05) is 11.9 Å². The van der Waals surface area contributed by atoms with Crippen LogP contribution < -0.4 is 5.32 Å². The van der Waals surface area contributed by atoms with E-state index in [0.717, 1.165) is 24.5 Å². The minimum absolute atomic E-state index is 0.308. The second-order valence-corrected chi connectivity index (χ2v) is 5.23. The quantitative estimate of drug-likeness (QED) is 0.882. The Morgan fingerprint density at radius 3 is 2.94 bits per heavy atom. The highest BCUT2D eigenvalue weighted by Gasteiger charge is 2.24. The van der Waals surface area contributed by atoms with Crippen LogP contribution in [0.3, 0.4) is 0 Å². The standard InChI is InChI=1S/C13H19N5/c1-9(2)11-6-13-14-5-4-12(18(13)16-11)10-7-15-17(3)8-10/h6-9,12,14H,4-5H2,1-3H3. The molecule has 3 rings (SSSR count). The largest absolute Gasteiger partial charge is 0.370 e. The van der Waals surface area contributed by atoms with Gasteiger partial charge in [-0.1, -0.05) is 13.8 Å². The molecule has 2 aromatic rings. The van der Waals surface area contributed by atoms with Gasteiger partial charge < -0.3 is 5.32 Å². The lowest BCUT2D eigenvalue weighted by Gasteiger charge is -2.24. The minimum Gasteiger partial charge on any atom is -0.370 e. The Labute approximate surface area is 107 Å². The number of fused-ring (bicyclic) bond motifs is 1. The van der Waals surface area contributed by atoms with E-state index >= 15 is 0 Å². The third-order valence-electron chi connectivity index (χ3n) is 3.47. The first kappa shape index (κ1) is 11.3. The monoisotopic (exact) mass is 245 g/mol. The zero-order valence-electron chi connectivity index (χ0n) is 11.1. The molecule has 0 amide bonds. The van der Waals surface area contributed by atoms with Crippen molar-refractivity contribution in [1.29, 1.82) is 0 Å². The Bertz CT molecular complexity index is 551. The fourth-order valence-corrected chi connectivity index (χ4v) is 2.44. The van der Waals surface area contributed by atoms with Crippen molar-refractivity contribution in [3.8, 4) is 0 Å². The van der Waals surface area contributed by atoms with Crippen LogP contribution in [0.4, 0.5) is 5.82 Å². The Balaban J connectivity index is 2.01. The van der Waals surface area contributed by atoms with Crippen LogP contribution >= 0.6 is 0 Å². The zero-order valence-corrected chi connectivity index (χ0v) is 11.1. The van der Waals surface area contributed by atoms with Gasteiger partial charge in [0, 0.05) is 31.4 Å². The highest BCUT2D eigenvalue weighted by Crippen LogP contribution is 2.31. The molecule has 0 saturated heterocycles. The van der Waals surface area contributed by atoms with Crippen molar-refractivity contribution < 1.29 is 0 Å². The molecule has 2 aromatic heterocycles. The molecular weight excluding hydrogens is 226 g/mol. The number of nitrogens with zero attached hydrogens (tertiary/aromatic N) is 4. The maximum atomic E-state index is 4.73. The Hall–Kier alpha value is -1.78. The van der Waals surface area contributed by atoms with Crippen molar-refractivity contribution in [3.05, 3.63) is 29.7 Å². The van der Waals surface area contributed by atoms with Crippen LogP contribution in [0.15, 0.2) is 18.5 Å². The molecule has 1 atom stereocenters. The lowest BCUT2D eigenvalue weighted by Crippen LogP contribution is -2.24. The molecule has 1 unspecified atom stereocenters. The SMILES string of the molecule is CC(C)c1cc2n(n1)C(c1cnn(C)c1)CCN2. The van der Waals surface area contributed by atoms with Crippen molar-refractivity contribution in [2.24, 2.45) is 7.05 Å². The van der Waals surface area contributed by atoms with E-state index in [1.54, 1.807) is 0 Å². The minimum atomic E-state index is 0.308. The molecule has 0 fully saturated rings. The fraction of sp³-hybridized carbons (Fsp3) is 0.538. The fourth-order valence-electron chi connectivity index (χ4n) is 2.44. The van der Waals surface area contributed by atoms with Crippen LogP contribution in [0.2, 0.25) is 0 Å². The van der Waals surface area contributed by atoms with Gasteiger partial charge in [-0.05, 0) is 12.3 Å². The molecule has 96 valence electrons. The van der Waals surface area contributed by atoms with E-state index in [9.17, 15) is 0 Å². The summed E-state index contributed by atoms with van der Waals surface area (Å²) in [5.41, 5.74) is 2.38. The summed E-state index contributed by atoms with van der Waals surface area (Å²) in [6.45, 7) is 5.34. The van der Waals surface area contributed by atoms with Crippen molar-refractivity contribution >= 4 is 5.82 Å². The molecular formula is C13H19N5. The maximum Gasteiger partial charge on any atom is 0.125 e. The Morgan fingerprint density at radius 1 is 1.44 bits per heavy atom. The van der Waals surface area contributed by atoms with Gasteiger partial charge in [-0.25, -0.2) is 4.68 Å². The van der Waals surface area contributed by atoms with E-state index < -0.39 is 0 Å². The van der Waals surface area contributed by atoms with Crippen LogP contribution in [-0.2, 0) is 7.05 Å². The Morgan fingerprint density at radius 2 is 2.28 bits per heavy atom. The van der Waals surface area contributed by atoms with Gasteiger partial charge in [0.15, 0.2) is 0 Å². The summed E-state index contributed by atoms with van der Waals surface area (Å²) in [5.74, 6) is 1.58. The molecule has 0 bridgehead atoms. The molecule has 1 aliphatic heterocycles. The highest BCUT2D eigenvalue weighted by atomic mass is 15.4. The van der Waals surface area contributed by atoms with Crippen molar-refractivity contribution in [2.45, 2.75) is 32.2 Å². The number of anilines is 1. The third kappa shape index (κ3) is 1.79. The van der Waals surface area contributed by atoms with Crippen LogP contribution in [0.1, 0.15) is 43.5 Å². The van der Waals surface area contributed by atoms with E-state index in [2.05, 4.69) is 41.2 Å². The molecule has 18 heavy (non-hydrogen) atoms. The number of aryl methyl sites for hydroxylation is 1. The van der Waals surface area contributed by atoms with Gasteiger partial charge in [0.25, 0.3) is 0 Å². The molecule has 0 aliphatic carbocycles. The maximum absolute atomic E-state index is 4.73. The lowest BCUT2D eigenvalue weighted by molar-refractivity contribution is 0.475. The number of aromatic nitrogens is 4. The summed E-state index contributed by atoms with van der Waals surface area (Å²) in [4.78, 5) is 0. The summed E-state index contributed by atoms with van der Waals surface area (Å²) < 4.78 is 3.96. The first-order valence-electron chi connectivity index (χ1n) is 6.47. The second-order valence-electron chi connectivity index (χ2n) is 5.23. The van der Waals surface area contributed by atoms with E-state index in [-0.39, 0.29) is 0 Å². The lowest BCUT2D eigenvalue weighted by atomic mass is 10.1. The van der Waals surface area contributed by atoms with Crippen LogP contribution in [0, 0.1) is 0 Å². The van der Waals surface area contributed by atoms with Gasteiger partial charge in [0.1, 0.15) is 5.82 Å². The smallest absolute Gasteiger partial charge is 0.125 e. The second kappa shape index (κ2) is 4.15. The number of hydrogen-bond donors (Lipinski definition) is 1. The molecule has 1 aliphatic rings. The van der Waals surface area contributed by atoms with Gasteiger partial charge in [-0.3, -0.25) is 4.68 Å². The van der Waals surface area contributed by atoms with E-state index in [0.29, 0.717) is 12.0 Å². The first-order chi connectivity index (χ1) is 8.65. The summed E-state index contributed by atoms with van der Waals surface area (Å²) in [7, 11) is 1.95. The summed E-state index contributed by atoms with van der Waals surface area (Å²) >= 11 is 0. The van der Waals surface area contributed by atoms with Gasteiger partial charge in [-0.2, -0.15) is 10.2 Å². The molecule has 5 nitrogen and oxygen atoms in total. The number of hydrogen-bond acceptors (Lipinski definition) is 3. The molecule has 0 aromatic carbocycles. The molecule has 3 heterocycles. The molecule has 5 heteroatoms. The first-order valence-corrected chi connectivity index (χ1v) is 6.47. The topological polar surface area (TPSA) is 47.7 Å². The van der Waals surface area contributed by atoms with Gasteiger partial charge in [0.05, 0.1) is 17.9 Å². The van der Waals surface area contributed by atoms with Gasteiger partial charge in [0.2, 0.25) is 0 Å². The molecule has 0 saturated carbocycles.